The van der Waals surface area contributed by atoms with Gasteiger partial charge in [-0.05, 0) is 13.0 Å². The number of amides is 1. The van der Waals surface area contributed by atoms with Crippen LogP contribution in [0.25, 0.3) is 0 Å². The predicted molar refractivity (Wildman–Crippen MR) is 52.0 cm³/mol. The minimum atomic E-state index is 0.0365. The highest BCUT2D eigenvalue weighted by Crippen LogP contribution is 2.20. The molecule has 0 bridgehead atoms. The maximum Gasteiger partial charge on any atom is 0.263 e. The second kappa shape index (κ2) is 3.92. The molecule has 0 aliphatic carbocycles. The summed E-state index contributed by atoms with van der Waals surface area (Å²) in [6.45, 7) is 2.65. The molecule has 0 aliphatic heterocycles. The first kappa shape index (κ1) is 9.55. The largest absolute Gasteiger partial charge is 0.341 e. The minimum Gasteiger partial charge on any atom is -0.341 e. The summed E-state index contributed by atoms with van der Waals surface area (Å²) < 4.78 is 0. The Labute approximate surface area is 80.8 Å². The quantitative estimate of drug-likeness (QED) is 0.723. The average Bonchev–Trinajstić information content (AvgIpc) is 2.49. The molecular formula is C8H10ClNOS. The van der Waals surface area contributed by atoms with Gasteiger partial charge in [0.1, 0.15) is 0 Å². The lowest BCUT2D eigenvalue weighted by atomic mass is 10.4. The van der Waals surface area contributed by atoms with Crippen molar-refractivity contribution >= 4 is 28.8 Å². The van der Waals surface area contributed by atoms with Gasteiger partial charge in [0.2, 0.25) is 0 Å². The predicted octanol–water partition coefficient (Wildman–Crippen LogP) is 2.49. The number of hydrogen-bond donors (Lipinski definition) is 0. The molecule has 0 saturated carbocycles. The third kappa shape index (κ3) is 1.99. The Kier molecular flexibility index (Phi) is 3.12. The molecule has 0 unspecified atom stereocenters. The van der Waals surface area contributed by atoms with Crippen LogP contribution in [0, 0.1) is 0 Å². The molecule has 0 saturated heterocycles. The first-order chi connectivity index (χ1) is 5.65. The first-order valence-corrected chi connectivity index (χ1v) is 4.90. The van der Waals surface area contributed by atoms with E-state index < -0.39 is 0 Å². The van der Waals surface area contributed by atoms with Crippen LogP contribution < -0.4 is 0 Å². The van der Waals surface area contributed by atoms with E-state index in [-0.39, 0.29) is 5.91 Å². The van der Waals surface area contributed by atoms with Crippen molar-refractivity contribution in [2.45, 2.75) is 6.92 Å². The Balaban J connectivity index is 2.78. The molecule has 0 spiro atoms. The molecule has 0 radical (unpaired) electrons. The zero-order valence-electron chi connectivity index (χ0n) is 7.00. The van der Waals surface area contributed by atoms with Gasteiger partial charge < -0.3 is 4.90 Å². The van der Waals surface area contributed by atoms with E-state index in [9.17, 15) is 4.79 Å². The fourth-order valence-corrected chi connectivity index (χ4v) is 1.82. The Morgan fingerprint density at radius 1 is 1.75 bits per heavy atom. The van der Waals surface area contributed by atoms with Gasteiger partial charge in [0.15, 0.2) is 0 Å². The molecule has 4 heteroatoms. The number of carbonyl (C=O) groups is 1. The molecular weight excluding hydrogens is 194 g/mol. The zero-order valence-corrected chi connectivity index (χ0v) is 8.58. The SMILES string of the molecule is CCN(C)C(=O)c1cc(Cl)cs1. The molecule has 0 N–H and O–H groups in total. The molecule has 66 valence electrons. The molecule has 1 aromatic rings. The highest BCUT2D eigenvalue weighted by molar-refractivity contribution is 7.12. The Morgan fingerprint density at radius 2 is 2.42 bits per heavy atom. The van der Waals surface area contributed by atoms with E-state index in [1.165, 1.54) is 11.3 Å². The smallest absolute Gasteiger partial charge is 0.263 e. The van der Waals surface area contributed by atoms with Crippen LogP contribution in [0.5, 0.6) is 0 Å². The van der Waals surface area contributed by atoms with E-state index in [1.54, 1.807) is 23.4 Å². The lowest BCUT2D eigenvalue weighted by Gasteiger charge is -2.12. The highest BCUT2D eigenvalue weighted by atomic mass is 35.5. The van der Waals surface area contributed by atoms with Crippen molar-refractivity contribution in [3.63, 3.8) is 0 Å². The van der Waals surface area contributed by atoms with Crippen LogP contribution >= 0.6 is 22.9 Å². The van der Waals surface area contributed by atoms with Crippen LogP contribution in [0.4, 0.5) is 0 Å². The van der Waals surface area contributed by atoms with Crippen molar-refractivity contribution in [3.8, 4) is 0 Å². The summed E-state index contributed by atoms with van der Waals surface area (Å²) in [6.07, 6.45) is 0. The first-order valence-electron chi connectivity index (χ1n) is 3.64. The molecule has 0 fully saturated rings. The van der Waals surface area contributed by atoms with Gasteiger partial charge in [0.25, 0.3) is 5.91 Å². The second-order valence-corrected chi connectivity index (χ2v) is 3.80. The van der Waals surface area contributed by atoms with Gasteiger partial charge in [0, 0.05) is 19.0 Å². The number of carbonyl (C=O) groups excluding carboxylic acids is 1. The van der Waals surface area contributed by atoms with Crippen molar-refractivity contribution in [2.24, 2.45) is 0 Å². The minimum absolute atomic E-state index is 0.0365. The van der Waals surface area contributed by atoms with Crippen LogP contribution in [-0.4, -0.2) is 24.4 Å². The fourth-order valence-electron chi connectivity index (χ4n) is 0.757. The number of rotatable bonds is 2. The van der Waals surface area contributed by atoms with Gasteiger partial charge in [-0.2, -0.15) is 0 Å². The number of halogens is 1. The van der Waals surface area contributed by atoms with E-state index in [1.807, 2.05) is 6.92 Å². The van der Waals surface area contributed by atoms with E-state index in [0.717, 1.165) is 0 Å². The van der Waals surface area contributed by atoms with Gasteiger partial charge in [0.05, 0.1) is 9.90 Å². The summed E-state index contributed by atoms with van der Waals surface area (Å²) in [4.78, 5) is 13.8. The Bertz CT molecular complexity index is 284. The van der Waals surface area contributed by atoms with E-state index in [0.29, 0.717) is 16.4 Å². The van der Waals surface area contributed by atoms with E-state index >= 15 is 0 Å². The standard InChI is InChI=1S/C8H10ClNOS/c1-3-10(2)8(11)7-4-6(9)5-12-7/h4-5H,3H2,1-2H3. The van der Waals surface area contributed by atoms with Crippen LogP contribution in [0.15, 0.2) is 11.4 Å². The Hall–Kier alpha value is -0.540. The van der Waals surface area contributed by atoms with Crippen molar-refractivity contribution in [1.29, 1.82) is 0 Å². The van der Waals surface area contributed by atoms with Crippen molar-refractivity contribution < 1.29 is 4.79 Å². The molecule has 1 rings (SSSR count). The van der Waals surface area contributed by atoms with Crippen LogP contribution in [0.2, 0.25) is 5.02 Å². The van der Waals surface area contributed by atoms with Gasteiger partial charge in [-0.1, -0.05) is 11.6 Å². The second-order valence-electron chi connectivity index (χ2n) is 2.45. The summed E-state index contributed by atoms with van der Waals surface area (Å²) in [5.74, 6) is 0.0365. The molecule has 1 amide bonds. The molecule has 0 aromatic carbocycles. The highest BCUT2D eigenvalue weighted by Gasteiger charge is 2.11. The van der Waals surface area contributed by atoms with Crippen LogP contribution in [-0.2, 0) is 0 Å². The van der Waals surface area contributed by atoms with Crippen LogP contribution in [0.3, 0.4) is 0 Å². The molecule has 2 nitrogen and oxygen atoms in total. The van der Waals surface area contributed by atoms with Gasteiger partial charge >= 0.3 is 0 Å². The number of hydrogen-bond acceptors (Lipinski definition) is 2. The van der Waals surface area contributed by atoms with E-state index in [2.05, 4.69) is 0 Å². The van der Waals surface area contributed by atoms with Crippen molar-refractivity contribution in [3.05, 3.63) is 21.3 Å². The van der Waals surface area contributed by atoms with E-state index in [4.69, 9.17) is 11.6 Å². The van der Waals surface area contributed by atoms with Crippen LogP contribution in [0.1, 0.15) is 16.6 Å². The summed E-state index contributed by atoms with van der Waals surface area (Å²) >= 11 is 7.07. The topological polar surface area (TPSA) is 20.3 Å². The summed E-state index contributed by atoms with van der Waals surface area (Å²) in [5, 5.41) is 2.39. The normalized spacial score (nSPS) is 9.92. The van der Waals surface area contributed by atoms with Gasteiger partial charge in [-0.25, -0.2) is 0 Å². The lowest BCUT2D eigenvalue weighted by molar-refractivity contribution is 0.0807. The molecule has 1 heterocycles. The molecule has 1 aromatic heterocycles. The molecule has 0 atom stereocenters. The Morgan fingerprint density at radius 3 is 2.83 bits per heavy atom. The monoisotopic (exact) mass is 203 g/mol. The van der Waals surface area contributed by atoms with Crippen molar-refractivity contribution in [1.82, 2.24) is 4.90 Å². The molecule has 12 heavy (non-hydrogen) atoms. The third-order valence-corrected chi connectivity index (χ3v) is 2.87. The molecule has 0 aliphatic rings. The number of nitrogens with zero attached hydrogens (tertiary/aromatic N) is 1. The van der Waals surface area contributed by atoms with Gasteiger partial charge in [-0.3, -0.25) is 4.79 Å². The third-order valence-electron chi connectivity index (χ3n) is 1.60. The average molecular weight is 204 g/mol. The summed E-state index contributed by atoms with van der Waals surface area (Å²) in [7, 11) is 1.77. The fraction of sp³-hybridized carbons (Fsp3) is 0.375. The zero-order chi connectivity index (χ0) is 9.14. The number of thiophene rings is 1. The maximum atomic E-state index is 11.5. The summed E-state index contributed by atoms with van der Waals surface area (Å²) in [6, 6.07) is 1.70. The lowest BCUT2D eigenvalue weighted by Crippen LogP contribution is -2.25. The summed E-state index contributed by atoms with van der Waals surface area (Å²) in [5.41, 5.74) is 0. The van der Waals surface area contributed by atoms with Gasteiger partial charge in [-0.15, -0.1) is 11.3 Å². The maximum absolute atomic E-state index is 11.5. The van der Waals surface area contributed by atoms with Crippen molar-refractivity contribution in [2.75, 3.05) is 13.6 Å².